The van der Waals surface area contributed by atoms with Gasteiger partial charge < -0.3 is 20.1 Å². The second-order valence-electron chi connectivity index (χ2n) is 4.32. The van der Waals surface area contributed by atoms with Gasteiger partial charge in [-0.15, -0.1) is 0 Å². The number of carbonyl (C=O) groups is 1. The maximum atomic E-state index is 11.6. The molecule has 2 N–H and O–H groups in total. The summed E-state index contributed by atoms with van der Waals surface area (Å²) in [6.07, 6.45) is 0.830. The SMILES string of the molecule is C=C(C)COCCNC(C)C(=O)NCCCOC. The van der Waals surface area contributed by atoms with Crippen LogP contribution in [0.1, 0.15) is 20.3 Å². The molecule has 18 heavy (non-hydrogen) atoms. The largest absolute Gasteiger partial charge is 0.385 e. The minimum atomic E-state index is -0.207. The van der Waals surface area contributed by atoms with Gasteiger partial charge in [0.05, 0.1) is 19.3 Å². The van der Waals surface area contributed by atoms with E-state index in [4.69, 9.17) is 9.47 Å². The normalized spacial score (nSPS) is 12.2. The van der Waals surface area contributed by atoms with Gasteiger partial charge in [-0.2, -0.15) is 0 Å². The Morgan fingerprint density at radius 3 is 2.67 bits per heavy atom. The first kappa shape index (κ1) is 17.1. The first-order valence-corrected chi connectivity index (χ1v) is 6.30. The van der Waals surface area contributed by atoms with Gasteiger partial charge in [-0.25, -0.2) is 0 Å². The van der Waals surface area contributed by atoms with Crippen LogP contribution in [0.5, 0.6) is 0 Å². The standard InChI is InChI=1S/C13H26N2O3/c1-11(2)10-18-9-7-14-12(3)13(16)15-6-5-8-17-4/h12,14H,1,5-10H2,2-4H3,(H,15,16). The molecule has 0 aliphatic rings. The summed E-state index contributed by atoms with van der Waals surface area (Å²) in [5.74, 6) is 0.00556. The van der Waals surface area contributed by atoms with Gasteiger partial charge in [0.2, 0.25) is 5.91 Å². The number of nitrogens with one attached hydrogen (secondary N) is 2. The number of methoxy groups -OCH3 is 1. The molecule has 5 heteroatoms. The average molecular weight is 258 g/mol. The van der Waals surface area contributed by atoms with Crippen LogP contribution in [0.3, 0.4) is 0 Å². The van der Waals surface area contributed by atoms with Gasteiger partial charge >= 0.3 is 0 Å². The molecule has 0 radical (unpaired) electrons. The van der Waals surface area contributed by atoms with Crippen molar-refractivity contribution >= 4 is 5.91 Å². The minimum Gasteiger partial charge on any atom is -0.385 e. The van der Waals surface area contributed by atoms with Gasteiger partial charge in [0, 0.05) is 26.8 Å². The third-order valence-electron chi connectivity index (χ3n) is 2.26. The van der Waals surface area contributed by atoms with E-state index in [0.29, 0.717) is 32.9 Å². The molecule has 0 aliphatic heterocycles. The molecule has 1 unspecified atom stereocenters. The minimum absolute atomic E-state index is 0.00556. The maximum Gasteiger partial charge on any atom is 0.236 e. The van der Waals surface area contributed by atoms with Crippen molar-refractivity contribution < 1.29 is 14.3 Å². The van der Waals surface area contributed by atoms with E-state index >= 15 is 0 Å². The summed E-state index contributed by atoms with van der Waals surface area (Å²) >= 11 is 0. The lowest BCUT2D eigenvalue weighted by Gasteiger charge is -2.14. The molecule has 0 saturated heterocycles. The summed E-state index contributed by atoms with van der Waals surface area (Å²) in [5.41, 5.74) is 0.999. The lowest BCUT2D eigenvalue weighted by Crippen LogP contribution is -2.43. The Hall–Kier alpha value is -0.910. The fraction of sp³-hybridized carbons (Fsp3) is 0.769. The Bertz CT molecular complexity index is 244. The Balaban J connectivity index is 3.46. The van der Waals surface area contributed by atoms with Crippen molar-refractivity contribution in [2.75, 3.05) is 40.0 Å². The van der Waals surface area contributed by atoms with E-state index in [2.05, 4.69) is 17.2 Å². The number of hydrogen-bond donors (Lipinski definition) is 2. The molecular formula is C13H26N2O3. The Morgan fingerprint density at radius 2 is 2.06 bits per heavy atom. The topological polar surface area (TPSA) is 59.6 Å². The van der Waals surface area contributed by atoms with Crippen LogP contribution in [-0.4, -0.2) is 52.0 Å². The number of amides is 1. The van der Waals surface area contributed by atoms with Crippen LogP contribution in [0.4, 0.5) is 0 Å². The molecule has 1 atom stereocenters. The first-order valence-electron chi connectivity index (χ1n) is 6.30. The van der Waals surface area contributed by atoms with E-state index in [1.807, 2.05) is 13.8 Å². The summed E-state index contributed by atoms with van der Waals surface area (Å²) in [7, 11) is 1.65. The van der Waals surface area contributed by atoms with Crippen molar-refractivity contribution in [3.05, 3.63) is 12.2 Å². The fourth-order valence-electron chi connectivity index (χ4n) is 1.27. The molecule has 106 valence electrons. The fourth-order valence-corrected chi connectivity index (χ4v) is 1.27. The molecule has 0 heterocycles. The summed E-state index contributed by atoms with van der Waals surface area (Å²) < 4.78 is 10.2. The smallest absolute Gasteiger partial charge is 0.236 e. The zero-order valence-corrected chi connectivity index (χ0v) is 11.8. The van der Waals surface area contributed by atoms with E-state index in [9.17, 15) is 4.79 Å². The molecular weight excluding hydrogens is 232 g/mol. The van der Waals surface area contributed by atoms with Crippen molar-refractivity contribution in [3.63, 3.8) is 0 Å². The molecule has 0 aliphatic carbocycles. The van der Waals surface area contributed by atoms with Crippen molar-refractivity contribution in [2.24, 2.45) is 0 Å². The van der Waals surface area contributed by atoms with Crippen LogP contribution in [0, 0.1) is 0 Å². The summed E-state index contributed by atoms with van der Waals surface area (Å²) in [6, 6.07) is -0.207. The number of carbonyl (C=O) groups excluding carboxylic acids is 1. The highest BCUT2D eigenvalue weighted by molar-refractivity contribution is 5.81. The third-order valence-corrected chi connectivity index (χ3v) is 2.26. The van der Waals surface area contributed by atoms with Gasteiger partial charge in [-0.3, -0.25) is 4.79 Å². The van der Waals surface area contributed by atoms with Gasteiger partial charge in [-0.05, 0) is 20.3 Å². The predicted octanol–water partition coefficient (Wildman–Crippen LogP) is 0.710. The molecule has 1 amide bonds. The lowest BCUT2D eigenvalue weighted by atomic mass is 10.3. The Morgan fingerprint density at radius 1 is 1.33 bits per heavy atom. The molecule has 5 nitrogen and oxygen atoms in total. The van der Waals surface area contributed by atoms with E-state index in [1.165, 1.54) is 0 Å². The Kier molecular flexibility index (Phi) is 10.6. The molecule has 0 aromatic heterocycles. The molecule has 0 rings (SSSR count). The van der Waals surface area contributed by atoms with Crippen molar-refractivity contribution in [2.45, 2.75) is 26.3 Å². The predicted molar refractivity (Wildman–Crippen MR) is 72.6 cm³/mol. The van der Waals surface area contributed by atoms with Gasteiger partial charge in [0.1, 0.15) is 0 Å². The maximum absolute atomic E-state index is 11.6. The molecule has 0 aromatic rings. The zero-order chi connectivity index (χ0) is 13.8. The van der Waals surface area contributed by atoms with E-state index in [0.717, 1.165) is 12.0 Å². The van der Waals surface area contributed by atoms with Crippen LogP contribution < -0.4 is 10.6 Å². The number of ether oxygens (including phenoxy) is 2. The van der Waals surface area contributed by atoms with Gasteiger partial charge in [0.15, 0.2) is 0 Å². The van der Waals surface area contributed by atoms with Crippen LogP contribution in [0.15, 0.2) is 12.2 Å². The molecule has 0 aromatic carbocycles. The highest BCUT2D eigenvalue weighted by atomic mass is 16.5. The first-order chi connectivity index (χ1) is 8.57. The molecule has 0 saturated carbocycles. The van der Waals surface area contributed by atoms with Crippen molar-refractivity contribution in [1.82, 2.24) is 10.6 Å². The van der Waals surface area contributed by atoms with Gasteiger partial charge in [0.25, 0.3) is 0 Å². The van der Waals surface area contributed by atoms with E-state index in [1.54, 1.807) is 7.11 Å². The average Bonchev–Trinajstić information content (AvgIpc) is 2.33. The third kappa shape index (κ3) is 10.3. The number of hydrogen-bond acceptors (Lipinski definition) is 4. The highest BCUT2D eigenvalue weighted by Crippen LogP contribution is 1.88. The van der Waals surface area contributed by atoms with Gasteiger partial charge in [-0.1, -0.05) is 12.2 Å². The number of rotatable bonds is 11. The van der Waals surface area contributed by atoms with Crippen LogP contribution in [-0.2, 0) is 14.3 Å². The lowest BCUT2D eigenvalue weighted by molar-refractivity contribution is -0.122. The molecule has 0 bridgehead atoms. The van der Waals surface area contributed by atoms with Crippen LogP contribution in [0.2, 0.25) is 0 Å². The van der Waals surface area contributed by atoms with Crippen LogP contribution in [0.25, 0.3) is 0 Å². The van der Waals surface area contributed by atoms with Crippen LogP contribution >= 0.6 is 0 Å². The van der Waals surface area contributed by atoms with E-state index < -0.39 is 0 Å². The summed E-state index contributed by atoms with van der Waals surface area (Å²) in [4.78, 5) is 11.6. The highest BCUT2D eigenvalue weighted by Gasteiger charge is 2.10. The molecule has 0 fully saturated rings. The second-order valence-corrected chi connectivity index (χ2v) is 4.32. The zero-order valence-electron chi connectivity index (χ0n) is 11.8. The quantitative estimate of drug-likeness (QED) is 0.423. The van der Waals surface area contributed by atoms with E-state index in [-0.39, 0.29) is 11.9 Å². The second kappa shape index (κ2) is 11.2. The Labute approximate surface area is 110 Å². The van der Waals surface area contributed by atoms with Crippen molar-refractivity contribution in [1.29, 1.82) is 0 Å². The summed E-state index contributed by atoms with van der Waals surface area (Å²) in [6.45, 7) is 10.6. The summed E-state index contributed by atoms with van der Waals surface area (Å²) in [5, 5.41) is 5.94. The van der Waals surface area contributed by atoms with Crippen molar-refractivity contribution in [3.8, 4) is 0 Å². The molecule has 0 spiro atoms. The monoisotopic (exact) mass is 258 g/mol.